The Labute approximate surface area is 89.3 Å². The van der Waals surface area contributed by atoms with Crippen molar-refractivity contribution in [1.29, 1.82) is 0 Å². The number of fused-ring (bicyclic) bond motifs is 1. The van der Waals surface area contributed by atoms with E-state index in [1.807, 2.05) is 26.0 Å². The number of methoxy groups -OCH3 is 1. The molecule has 0 radical (unpaired) electrons. The van der Waals surface area contributed by atoms with Crippen LogP contribution in [0, 0.1) is 6.92 Å². The van der Waals surface area contributed by atoms with E-state index in [9.17, 15) is 0 Å². The van der Waals surface area contributed by atoms with Crippen LogP contribution in [-0.4, -0.2) is 7.11 Å². The van der Waals surface area contributed by atoms with Gasteiger partial charge in [-0.1, -0.05) is 26.0 Å². The van der Waals surface area contributed by atoms with Gasteiger partial charge in [-0.05, 0) is 24.4 Å². The van der Waals surface area contributed by atoms with E-state index in [4.69, 9.17) is 4.74 Å². The lowest BCUT2D eigenvalue weighted by molar-refractivity contribution is 0.420. The third-order valence-electron chi connectivity index (χ3n) is 1.85. The highest BCUT2D eigenvalue weighted by molar-refractivity contribution is 7.19. The molecule has 0 unspecified atom stereocenters. The van der Waals surface area contributed by atoms with E-state index in [2.05, 4.69) is 19.1 Å². The molecule has 0 aliphatic rings. The molecule has 14 heavy (non-hydrogen) atoms. The van der Waals surface area contributed by atoms with Gasteiger partial charge in [0.05, 0.1) is 11.8 Å². The quantitative estimate of drug-likeness (QED) is 0.681. The molecule has 2 heteroatoms. The van der Waals surface area contributed by atoms with Crippen LogP contribution in [0.5, 0.6) is 5.75 Å². The number of thiophene rings is 1. The summed E-state index contributed by atoms with van der Waals surface area (Å²) in [6.45, 7) is 6.12. The molecule has 0 saturated heterocycles. The topological polar surface area (TPSA) is 9.23 Å². The molecule has 76 valence electrons. The molecule has 1 nitrogen and oxygen atoms in total. The van der Waals surface area contributed by atoms with Crippen molar-refractivity contribution in [2.45, 2.75) is 20.8 Å². The van der Waals surface area contributed by atoms with Gasteiger partial charge in [-0.15, -0.1) is 11.3 Å². The molecule has 1 heterocycles. The third kappa shape index (κ3) is 2.07. The van der Waals surface area contributed by atoms with E-state index in [1.165, 1.54) is 15.0 Å². The SMILES string of the molecule is CC.COc1cccc2cc(C)sc12. The Balaban J connectivity index is 0.000000461. The Morgan fingerprint density at radius 1 is 1.21 bits per heavy atom. The monoisotopic (exact) mass is 208 g/mol. The second-order valence-corrected chi connectivity index (χ2v) is 3.99. The highest BCUT2D eigenvalue weighted by atomic mass is 32.1. The van der Waals surface area contributed by atoms with E-state index in [-0.39, 0.29) is 0 Å². The fraction of sp³-hybridized carbons (Fsp3) is 0.333. The van der Waals surface area contributed by atoms with Crippen LogP contribution in [0.3, 0.4) is 0 Å². The first kappa shape index (κ1) is 11.1. The number of hydrogen-bond acceptors (Lipinski definition) is 2. The predicted molar refractivity (Wildman–Crippen MR) is 64.5 cm³/mol. The molecule has 1 aromatic heterocycles. The molecule has 2 aromatic rings. The van der Waals surface area contributed by atoms with Crippen molar-refractivity contribution in [3.63, 3.8) is 0 Å². The normalized spacial score (nSPS) is 9.43. The largest absolute Gasteiger partial charge is 0.495 e. The minimum absolute atomic E-state index is 0.977. The minimum Gasteiger partial charge on any atom is -0.495 e. The standard InChI is InChI=1S/C10H10OS.C2H6/c1-7-6-8-4-3-5-9(11-2)10(8)12-7;1-2/h3-6H,1-2H3;1-2H3. The maximum absolute atomic E-state index is 5.25. The molecule has 0 fully saturated rings. The molecule has 0 N–H and O–H groups in total. The van der Waals surface area contributed by atoms with Gasteiger partial charge in [-0.2, -0.15) is 0 Å². The number of hydrogen-bond donors (Lipinski definition) is 0. The highest BCUT2D eigenvalue weighted by Crippen LogP contribution is 2.32. The highest BCUT2D eigenvalue weighted by Gasteiger charge is 2.02. The van der Waals surface area contributed by atoms with Crippen molar-refractivity contribution < 1.29 is 4.74 Å². The summed E-state index contributed by atoms with van der Waals surface area (Å²) in [6.07, 6.45) is 0. The van der Waals surface area contributed by atoms with Crippen molar-refractivity contribution in [3.8, 4) is 5.75 Å². The smallest absolute Gasteiger partial charge is 0.136 e. The van der Waals surface area contributed by atoms with Crippen molar-refractivity contribution in [1.82, 2.24) is 0 Å². The lowest BCUT2D eigenvalue weighted by Crippen LogP contribution is -1.80. The second kappa shape index (κ2) is 5.01. The molecule has 0 spiro atoms. The van der Waals surface area contributed by atoms with Gasteiger partial charge in [-0.3, -0.25) is 0 Å². The van der Waals surface area contributed by atoms with Gasteiger partial charge in [0.1, 0.15) is 5.75 Å². The minimum atomic E-state index is 0.977. The number of rotatable bonds is 1. The maximum atomic E-state index is 5.25. The zero-order valence-corrected chi connectivity index (χ0v) is 9.94. The Bertz CT molecular complexity index is 404. The van der Waals surface area contributed by atoms with Crippen LogP contribution in [0.15, 0.2) is 24.3 Å². The van der Waals surface area contributed by atoms with Crippen molar-refractivity contribution in [2.75, 3.05) is 7.11 Å². The van der Waals surface area contributed by atoms with Crippen molar-refractivity contribution in [2.24, 2.45) is 0 Å². The van der Waals surface area contributed by atoms with Crippen LogP contribution in [-0.2, 0) is 0 Å². The second-order valence-electron chi connectivity index (χ2n) is 2.74. The molecule has 0 saturated carbocycles. The zero-order chi connectivity index (χ0) is 10.6. The molecule has 0 atom stereocenters. The van der Waals surface area contributed by atoms with Gasteiger partial charge in [0, 0.05) is 4.88 Å². The molecule has 1 aromatic carbocycles. The molecule has 0 amide bonds. The molecule has 0 aliphatic heterocycles. The summed E-state index contributed by atoms with van der Waals surface area (Å²) < 4.78 is 6.50. The van der Waals surface area contributed by atoms with Gasteiger partial charge in [0.15, 0.2) is 0 Å². The first-order valence-corrected chi connectivity index (χ1v) is 5.66. The summed E-state index contributed by atoms with van der Waals surface area (Å²) in [7, 11) is 1.71. The molecule has 0 aliphatic carbocycles. The Morgan fingerprint density at radius 3 is 2.57 bits per heavy atom. The van der Waals surface area contributed by atoms with Crippen molar-refractivity contribution >= 4 is 21.4 Å². The number of aryl methyl sites for hydroxylation is 1. The summed E-state index contributed by atoms with van der Waals surface area (Å²) in [5, 5.41) is 1.27. The number of ether oxygens (including phenoxy) is 1. The van der Waals surface area contributed by atoms with E-state index >= 15 is 0 Å². The Hall–Kier alpha value is -1.02. The van der Waals surface area contributed by atoms with Crippen LogP contribution in [0.2, 0.25) is 0 Å². The average Bonchev–Trinajstić information content (AvgIpc) is 2.60. The van der Waals surface area contributed by atoms with Gasteiger partial charge >= 0.3 is 0 Å². The maximum Gasteiger partial charge on any atom is 0.136 e. The van der Waals surface area contributed by atoms with Gasteiger partial charge in [0.25, 0.3) is 0 Å². The molecular formula is C12H16OS. The summed E-state index contributed by atoms with van der Waals surface area (Å²) in [5.41, 5.74) is 0. The molecule has 2 rings (SSSR count). The number of benzene rings is 1. The van der Waals surface area contributed by atoms with Gasteiger partial charge in [-0.25, -0.2) is 0 Å². The summed E-state index contributed by atoms with van der Waals surface area (Å²) in [4.78, 5) is 1.33. The lowest BCUT2D eigenvalue weighted by atomic mass is 10.2. The van der Waals surface area contributed by atoms with Crippen LogP contribution in [0.25, 0.3) is 10.1 Å². The van der Waals surface area contributed by atoms with Gasteiger partial charge in [0.2, 0.25) is 0 Å². The Kier molecular flexibility index (Phi) is 3.96. The molecule has 0 bridgehead atoms. The van der Waals surface area contributed by atoms with Gasteiger partial charge < -0.3 is 4.74 Å². The van der Waals surface area contributed by atoms with E-state index in [0.29, 0.717) is 0 Å². The van der Waals surface area contributed by atoms with E-state index in [1.54, 1.807) is 18.4 Å². The Morgan fingerprint density at radius 2 is 1.93 bits per heavy atom. The van der Waals surface area contributed by atoms with E-state index < -0.39 is 0 Å². The summed E-state index contributed by atoms with van der Waals surface area (Å²) in [5.74, 6) is 0.977. The first-order chi connectivity index (χ1) is 6.81. The fourth-order valence-corrected chi connectivity index (χ4v) is 2.33. The van der Waals surface area contributed by atoms with Crippen LogP contribution in [0.4, 0.5) is 0 Å². The summed E-state index contributed by atoms with van der Waals surface area (Å²) >= 11 is 1.78. The van der Waals surface area contributed by atoms with Crippen LogP contribution in [0.1, 0.15) is 18.7 Å². The zero-order valence-electron chi connectivity index (χ0n) is 9.13. The first-order valence-electron chi connectivity index (χ1n) is 4.84. The van der Waals surface area contributed by atoms with Crippen molar-refractivity contribution in [3.05, 3.63) is 29.1 Å². The predicted octanol–water partition coefficient (Wildman–Crippen LogP) is 4.24. The van der Waals surface area contributed by atoms with E-state index in [0.717, 1.165) is 5.75 Å². The van der Waals surface area contributed by atoms with Crippen LogP contribution < -0.4 is 4.74 Å². The summed E-state index contributed by atoms with van der Waals surface area (Å²) in [6, 6.07) is 8.31. The third-order valence-corrected chi connectivity index (χ3v) is 2.93. The molecular weight excluding hydrogens is 192 g/mol. The lowest BCUT2D eigenvalue weighted by Gasteiger charge is -1.98. The van der Waals surface area contributed by atoms with Crippen LogP contribution >= 0.6 is 11.3 Å². The average molecular weight is 208 g/mol. The fourth-order valence-electron chi connectivity index (χ4n) is 1.33.